The summed E-state index contributed by atoms with van der Waals surface area (Å²) in [6.45, 7) is 3.61. The highest BCUT2D eigenvalue weighted by molar-refractivity contribution is 6.00. The fraction of sp³-hybridized carbons (Fsp3) is 0.353. The molecule has 0 bridgehead atoms. The van der Waals surface area contributed by atoms with E-state index in [0.717, 1.165) is 24.2 Å². The molecule has 2 heterocycles. The largest absolute Gasteiger partial charge is 0.395 e. The van der Waals surface area contributed by atoms with Crippen molar-refractivity contribution in [3.05, 3.63) is 48.0 Å². The monoisotopic (exact) mass is 317 g/mol. The van der Waals surface area contributed by atoms with Crippen LogP contribution in [0.15, 0.2) is 36.7 Å². The highest BCUT2D eigenvalue weighted by Gasteiger charge is 2.24. The molecule has 1 aliphatic rings. The number of amides is 1. The number of aliphatic hydroxyl groups excluding tert-OH is 1. The summed E-state index contributed by atoms with van der Waals surface area (Å²) in [5.41, 5.74) is 2.20. The molecule has 3 rings (SSSR count). The fourth-order valence-electron chi connectivity index (χ4n) is 2.90. The average Bonchev–Trinajstić information content (AvgIpc) is 3.05. The van der Waals surface area contributed by atoms with E-state index in [0.29, 0.717) is 25.2 Å². The zero-order valence-electron chi connectivity index (χ0n) is 12.8. The van der Waals surface area contributed by atoms with Gasteiger partial charge >= 0.3 is 0 Å². The second-order valence-electron chi connectivity index (χ2n) is 5.65. The first-order valence-electron chi connectivity index (χ1n) is 7.74. The average molecular weight is 317 g/mol. The zero-order chi connectivity index (χ0) is 16.2. The molecule has 2 aromatic rings. The van der Waals surface area contributed by atoms with Crippen molar-refractivity contribution in [1.82, 2.24) is 14.8 Å². The minimum Gasteiger partial charge on any atom is -0.395 e. The van der Waals surface area contributed by atoms with Gasteiger partial charge in [-0.15, -0.1) is 0 Å². The van der Waals surface area contributed by atoms with Gasteiger partial charge in [0.25, 0.3) is 5.91 Å². The van der Waals surface area contributed by atoms with Crippen LogP contribution >= 0.6 is 0 Å². The summed E-state index contributed by atoms with van der Waals surface area (Å²) >= 11 is 0. The molecule has 0 aliphatic carbocycles. The number of benzene rings is 1. The highest BCUT2D eigenvalue weighted by Crippen LogP contribution is 2.25. The van der Waals surface area contributed by atoms with Crippen LogP contribution in [0.25, 0.3) is 11.1 Å². The van der Waals surface area contributed by atoms with Crippen LogP contribution in [-0.2, 0) is 0 Å². The summed E-state index contributed by atoms with van der Waals surface area (Å²) in [6.07, 6.45) is 3.46. The number of hydrogen-bond acceptors (Lipinski definition) is 3. The fourth-order valence-corrected chi connectivity index (χ4v) is 2.90. The molecule has 1 amide bonds. The van der Waals surface area contributed by atoms with Gasteiger partial charge in [0.2, 0.25) is 0 Å². The topological polar surface area (TPSA) is 59.6 Å². The van der Waals surface area contributed by atoms with Gasteiger partial charge in [-0.2, -0.15) is 0 Å². The molecule has 5 nitrogen and oxygen atoms in total. The Labute approximate surface area is 134 Å². The van der Waals surface area contributed by atoms with E-state index in [1.54, 1.807) is 24.5 Å². The second-order valence-corrected chi connectivity index (χ2v) is 5.65. The first kappa shape index (κ1) is 15.7. The number of nitrogens with one attached hydrogen (secondary N) is 1. The Morgan fingerprint density at radius 3 is 2.48 bits per heavy atom. The normalized spacial score (nSPS) is 15.8. The maximum atomic E-state index is 13.1. The van der Waals surface area contributed by atoms with E-state index in [4.69, 9.17) is 5.11 Å². The molecule has 6 heteroatoms. The first-order valence-corrected chi connectivity index (χ1v) is 7.74. The van der Waals surface area contributed by atoms with Crippen molar-refractivity contribution in [2.45, 2.75) is 0 Å². The van der Waals surface area contributed by atoms with Crippen LogP contribution < -0.4 is 0 Å². The molecule has 1 aromatic carbocycles. The number of aromatic amines is 1. The molecule has 0 radical (unpaired) electrons. The minimum absolute atomic E-state index is 0.0192. The third kappa shape index (κ3) is 3.43. The van der Waals surface area contributed by atoms with Gasteiger partial charge in [0, 0.05) is 50.7 Å². The van der Waals surface area contributed by atoms with Crippen LogP contribution in [0.4, 0.5) is 4.39 Å². The Kier molecular flexibility index (Phi) is 4.73. The summed E-state index contributed by atoms with van der Waals surface area (Å²) in [4.78, 5) is 19.7. The molecular weight excluding hydrogens is 297 g/mol. The minimum atomic E-state index is -0.294. The molecular formula is C17H20FN3O2. The van der Waals surface area contributed by atoms with Gasteiger partial charge < -0.3 is 15.0 Å². The lowest BCUT2D eigenvalue weighted by molar-refractivity contribution is 0.0616. The molecule has 0 unspecified atom stereocenters. The SMILES string of the molecule is O=C(c1c[nH]cc1-c1ccc(F)cc1)N1CCN(CCO)CC1. The second kappa shape index (κ2) is 6.93. The molecule has 0 atom stereocenters. The zero-order valence-corrected chi connectivity index (χ0v) is 12.8. The van der Waals surface area contributed by atoms with Crippen molar-refractivity contribution in [3.63, 3.8) is 0 Å². The number of aromatic nitrogens is 1. The number of nitrogens with zero attached hydrogens (tertiary/aromatic N) is 2. The van der Waals surface area contributed by atoms with Crippen molar-refractivity contribution in [1.29, 1.82) is 0 Å². The molecule has 0 saturated carbocycles. The van der Waals surface area contributed by atoms with E-state index < -0.39 is 0 Å². The smallest absolute Gasteiger partial charge is 0.256 e. The predicted octanol–water partition coefficient (Wildman–Crippen LogP) is 1.57. The predicted molar refractivity (Wildman–Crippen MR) is 85.6 cm³/mol. The summed E-state index contributed by atoms with van der Waals surface area (Å²) in [5.74, 6) is -0.314. The molecule has 1 saturated heterocycles. The van der Waals surface area contributed by atoms with Gasteiger partial charge in [0.15, 0.2) is 0 Å². The molecule has 122 valence electrons. The number of hydrogen-bond donors (Lipinski definition) is 2. The molecule has 1 fully saturated rings. The van der Waals surface area contributed by atoms with Crippen molar-refractivity contribution in [2.75, 3.05) is 39.3 Å². The third-order valence-electron chi connectivity index (χ3n) is 4.21. The third-order valence-corrected chi connectivity index (χ3v) is 4.21. The van der Waals surface area contributed by atoms with Crippen LogP contribution in [0.2, 0.25) is 0 Å². The lowest BCUT2D eigenvalue weighted by atomic mass is 10.0. The Morgan fingerprint density at radius 2 is 1.83 bits per heavy atom. The molecule has 2 N–H and O–H groups in total. The molecule has 1 aliphatic heterocycles. The van der Waals surface area contributed by atoms with E-state index >= 15 is 0 Å². The van der Waals surface area contributed by atoms with Crippen LogP contribution in [0.3, 0.4) is 0 Å². The van der Waals surface area contributed by atoms with E-state index in [1.165, 1.54) is 12.1 Å². The van der Waals surface area contributed by atoms with Crippen molar-refractivity contribution >= 4 is 5.91 Å². The van der Waals surface area contributed by atoms with Gasteiger partial charge in [0.05, 0.1) is 12.2 Å². The van der Waals surface area contributed by atoms with Gasteiger partial charge in [-0.25, -0.2) is 4.39 Å². The number of β-amino-alcohol motifs (C(OH)–C–C–N with tert-alkyl or cyclic N) is 1. The van der Waals surface area contributed by atoms with E-state index in [9.17, 15) is 9.18 Å². The number of piperazine rings is 1. The summed E-state index contributed by atoms with van der Waals surface area (Å²) in [6, 6.07) is 6.14. The van der Waals surface area contributed by atoms with Gasteiger partial charge in [-0.3, -0.25) is 9.69 Å². The van der Waals surface area contributed by atoms with E-state index in [1.807, 2.05) is 4.90 Å². The summed E-state index contributed by atoms with van der Waals surface area (Å²) in [5, 5.41) is 8.97. The number of carbonyl (C=O) groups excluding carboxylic acids is 1. The maximum Gasteiger partial charge on any atom is 0.256 e. The Morgan fingerprint density at radius 1 is 1.13 bits per heavy atom. The Hall–Kier alpha value is -2.18. The maximum absolute atomic E-state index is 13.1. The van der Waals surface area contributed by atoms with E-state index in [-0.39, 0.29) is 18.3 Å². The highest BCUT2D eigenvalue weighted by atomic mass is 19.1. The van der Waals surface area contributed by atoms with Crippen molar-refractivity contribution in [2.24, 2.45) is 0 Å². The quantitative estimate of drug-likeness (QED) is 0.900. The standard InChI is InChI=1S/C17H20FN3O2/c18-14-3-1-13(2-4-14)15-11-19-12-16(15)17(23)21-7-5-20(6-8-21)9-10-22/h1-4,11-12,19,22H,5-10H2. The number of halogens is 1. The lowest BCUT2D eigenvalue weighted by Gasteiger charge is -2.34. The van der Waals surface area contributed by atoms with Gasteiger partial charge in [0.1, 0.15) is 5.82 Å². The van der Waals surface area contributed by atoms with Crippen molar-refractivity contribution < 1.29 is 14.3 Å². The molecule has 0 spiro atoms. The molecule has 1 aromatic heterocycles. The first-order chi connectivity index (χ1) is 11.2. The lowest BCUT2D eigenvalue weighted by Crippen LogP contribution is -2.49. The van der Waals surface area contributed by atoms with Gasteiger partial charge in [-0.1, -0.05) is 12.1 Å². The number of H-pyrrole nitrogens is 1. The number of rotatable bonds is 4. The van der Waals surface area contributed by atoms with Gasteiger partial charge in [-0.05, 0) is 17.7 Å². The van der Waals surface area contributed by atoms with Crippen molar-refractivity contribution in [3.8, 4) is 11.1 Å². The number of aliphatic hydroxyl groups is 1. The molecule has 23 heavy (non-hydrogen) atoms. The van der Waals surface area contributed by atoms with Crippen LogP contribution in [0.1, 0.15) is 10.4 Å². The summed E-state index contributed by atoms with van der Waals surface area (Å²) < 4.78 is 13.1. The Bertz CT molecular complexity index is 661. The Balaban J connectivity index is 1.74. The van der Waals surface area contributed by atoms with Crippen LogP contribution in [0.5, 0.6) is 0 Å². The van der Waals surface area contributed by atoms with Crippen LogP contribution in [-0.4, -0.2) is 65.1 Å². The van der Waals surface area contributed by atoms with E-state index in [2.05, 4.69) is 9.88 Å². The summed E-state index contributed by atoms with van der Waals surface area (Å²) in [7, 11) is 0. The van der Waals surface area contributed by atoms with Crippen LogP contribution in [0, 0.1) is 5.82 Å². The number of carbonyl (C=O) groups is 1.